The van der Waals surface area contributed by atoms with Crippen LogP contribution in [0.4, 0.5) is 5.95 Å². The van der Waals surface area contributed by atoms with Crippen LogP contribution in [0.5, 0.6) is 0 Å². The van der Waals surface area contributed by atoms with Crippen LogP contribution in [0.1, 0.15) is 18.3 Å². The highest BCUT2D eigenvalue weighted by Crippen LogP contribution is 2.29. The molecule has 0 amide bonds. The number of sulfonamides is 1. The van der Waals surface area contributed by atoms with Gasteiger partial charge in [0.15, 0.2) is 5.82 Å². The fourth-order valence-electron chi connectivity index (χ4n) is 1.69. The highest BCUT2D eigenvalue weighted by molar-refractivity contribution is 7.92. The van der Waals surface area contributed by atoms with Gasteiger partial charge >= 0.3 is 0 Å². The number of nitrogens with one attached hydrogen (secondary N) is 1. The summed E-state index contributed by atoms with van der Waals surface area (Å²) in [4.78, 5) is 4.05. The fraction of sp³-hybridized carbons (Fsp3) is 0.333. The first-order valence-corrected chi connectivity index (χ1v) is 8.37. The molecule has 1 aromatic heterocycles. The van der Waals surface area contributed by atoms with E-state index in [1.165, 1.54) is 16.8 Å². The topological polar surface area (TPSA) is 76.9 Å². The van der Waals surface area contributed by atoms with Crippen molar-refractivity contribution in [2.24, 2.45) is 7.05 Å². The highest BCUT2D eigenvalue weighted by Gasteiger charge is 2.22. The number of hydrogen-bond acceptors (Lipinski definition) is 4. The average molecular weight is 349 g/mol. The van der Waals surface area contributed by atoms with E-state index in [-0.39, 0.29) is 15.9 Å². The van der Waals surface area contributed by atoms with Crippen molar-refractivity contribution < 1.29 is 8.42 Å². The largest absolute Gasteiger partial charge is 0.265 e. The van der Waals surface area contributed by atoms with Crippen LogP contribution in [0.25, 0.3) is 0 Å². The summed E-state index contributed by atoms with van der Waals surface area (Å²) in [6.07, 6.45) is 0.608. The lowest BCUT2D eigenvalue weighted by atomic mass is 10.2. The lowest BCUT2D eigenvalue weighted by molar-refractivity contribution is 0.600. The minimum atomic E-state index is -3.86. The van der Waals surface area contributed by atoms with Gasteiger partial charge in [-0.15, -0.1) is 0 Å². The summed E-state index contributed by atoms with van der Waals surface area (Å²) in [5, 5.41) is 4.55. The number of hydrogen-bond donors (Lipinski definition) is 1. The Kier molecular flexibility index (Phi) is 4.46. The maximum absolute atomic E-state index is 12.4. The molecule has 0 saturated heterocycles. The number of benzene rings is 1. The van der Waals surface area contributed by atoms with Crippen molar-refractivity contribution >= 4 is 39.2 Å². The zero-order valence-electron chi connectivity index (χ0n) is 11.7. The van der Waals surface area contributed by atoms with Crippen molar-refractivity contribution in [3.8, 4) is 0 Å². The van der Waals surface area contributed by atoms with E-state index in [2.05, 4.69) is 14.8 Å². The van der Waals surface area contributed by atoms with Crippen molar-refractivity contribution in [3.63, 3.8) is 0 Å². The molecular formula is C12H14Cl2N4O2S. The number of halogens is 2. The molecule has 0 bridgehead atoms. The van der Waals surface area contributed by atoms with Crippen LogP contribution in [-0.2, 0) is 23.5 Å². The van der Waals surface area contributed by atoms with Crippen LogP contribution in [-0.4, -0.2) is 23.2 Å². The number of anilines is 1. The quantitative estimate of drug-likeness (QED) is 0.921. The number of aromatic nitrogens is 3. The Balaban J connectivity index is 2.43. The Bertz CT molecular complexity index is 787. The van der Waals surface area contributed by atoms with Gasteiger partial charge in [-0.05, 0) is 24.6 Å². The van der Waals surface area contributed by atoms with Crippen molar-refractivity contribution in [2.45, 2.75) is 25.2 Å². The number of rotatable bonds is 4. The molecule has 0 radical (unpaired) electrons. The summed E-state index contributed by atoms with van der Waals surface area (Å²) in [5.74, 6) is 0.684. The maximum Gasteiger partial charge on any atom is 0.265 e. The highest BCUT2D eigenvalue weighted by atomic mass is 35.5. The van der Waals surface area contributed by atoms with Crippen molar-refractivity contribution in [1.82, 2.24) is 14.8 Å². The molecule has 1 aromatic carbocycles. The molecule has 1 N–H and O–H groups in total. The zero-order valence-corrected chi connectivity index (χ0v) is 14.0. The second-order valence-corrected chi connectivity index (χ2v) is 6.93. The van der Waals surface area contributed by atoms with Gasteiger partial charge in [-0.25, -0.2) is 17.8 Å². The minimum absolute atomic E-state index is 0.0490. The molecule has 0 aliphatic heterocycles. The third-order valence-electron chi connectivity index (χ3n) is 2.85. The summed E-state index contributed by atoms with van der Waals surface area (Å²) in [6.45, 7) is 3.59. The normalized spacial score (nSPS) is 11.7. The van der Waals surface area contributed by atoms with Crippen molar-refractivity contribution in [3.05, 3.63) is 33.6 Å². The number of nitrogens with zero attached hydrogens (tertiary/aromatic N) is 3. The summed E-state index contributed by atoms with van der Waals surface area (Å²) < 4.78 is 28.6. The fourth-order valence-corrected chi connectivity index (χ4v) is 3.55. The molecule has 0 saturated carbocycles. The Hall–Kier alpha value is -1.31. The van der Waals surface area contributed by atoms with Crippen LogP contribution in [0.15, 0.2) is 17.0 Å². The molecule has 2 rings (SSSR count). The molecule has 0 atom stereocenters. The van der Waals surface area contributed by atoms with E-state index in [1.54, 1.807) is 14.0 Å². The van der Waals surface area contributed by atoms with Gasteiger partial charge in [-0.3, -0.25) is 0 Å². The molecule has 9 heteroatoms. The van der Waals surface area contributed by atoms with E-state index in [1.807, 2.05) is 6.92 Å². The van der Waals surface area contributed by atoms with Gasteiger partial charge in [-0.1, -0.05) is 30.1 Å². The zero-order chi connectivity index (χ0) is 15.8. The Morgan fingerprint density at radius 3 is 2.52 bits per heavy atom. The molecule has 0 aliphatic carbocycles. The summed E-state index contributed by atoms with van der Waals surface area (Å²) >= 11 is 11.9. The first kappa shape index (κ1) is 16.1. The van der Waals surface area contributed by atoms with Crippen molar-refractivity contribution in [2.75, 3.05) is 4.72 Å². The lowest BCUT2D eigenvalue weighted by Crippen LogP contribution is -2.16. The smallest absolute Gasteiger partial charge is 0.247 e. The van der Waals surface area contributed by atoms with Crippen LogP contribution < -0.4 is 4.72 Å². The van der Waals surface area contributed by atoms with Crippen LogP contribution in [0.3, 0.4) is 0 Å². The van der Waals surface area contributed by atoms with E-state index >= 15 is 0 Å². The van der Waals surface area contributed by atoms with Gasteiger partial charge in [0.25, 0.3) is 10.0 Å². The molecule has 21 heavy (non-hydrogen) atoms. The molecule has 0 fully saturated rings. The summed E-state index contributed by atoms with van der Waals surface area (Å²) in [7, 11) is -2.25. The van der Waals surface area contributed by atoms with Crippen LogP contribution >= 0.6 is 23.2 Å². The summed E-state index contributed by atoms with van der Waals surface area (Å²) in [5.41, 5.74) is 0.619. The molecule has 6 nitrogen and oxygen atoms in total. The number of aryl methyl sites for hydroxylation is 3. The molecule has 0 aliphatic rings. The molecule has 1 heterocycles. The van der Waals surface area contributed by atoms with Gasteiger partial charge in [-0.2, -0.15) is 10.1 Å². The maximum atomic E-state index is 12.4. The lowest BCUT2D eigenvalue weighted by Gasteiger charge is -2.10. The van der Waals surface area contributed by atoms with E-state index in [9.17, 15) is 8.42 Å². The SMILES string of the molecule is CCc1nc(NS(=O)(=O)c2cc(C)c(Cl)cc2Cl)n(C)n1. The van der Waals surface area contributed by atoms with Crippen LogP contribution in [0, 0.1) is 6.92 Å². The van der Waals surface area contributed by atoms with Gasteiger partial charge in [0, 0.05) is 18.5 Å². The second-order valence-electron chi connectivity index (χ2n) is 4.47. The monoisotopic (exact) mass is 348 g/mol. The Morgan fingerprint density at radius 2 is 1.95 bits per heavy atom. The Morgan fingerprint density at radius 1 is 1.29 bits per heavy atom. The third kappa shape index (κ3) is 3.30. The van der Waals surface area contributed by atoms with Gasteiger partial charge in [0.05, 0.1) is 5.02 Å². The predicted octanol–water partition coefficient (Wildman–Crippen LogP) is 2.79. The molecular weight excluding hydrogens is 335 g/mol. The first-order valence-electron chi connectivity index (χ1n) is 6.13. The van der Waals surface area contributed by atoms with E-state index in [0.29, 0.717) is 22.8 Å². The first-order chi connectivity index (χ1) is 9.74. The molecule has 114 valence electrons. The second kappa shape index (κ2) is 5.82. The third-order valence-corrected chi connectivity index (χ3v) is 5.05. The Labute approximate surface area is 133 Å². The van der Waals surface area contributed by atoms with Crippen molar-refractivity contribution in [1.29, 1.82) is 0 Å². The van der Waals surface area contributed by atoms with E-state index < -0.39 is 10.0 Å². The predicted molar refractivity (Wildman–Crippen MR) is 82.4 cm³/mol. The average Bonchev–Trinajstić information content (AvgIpc) is 2.74. The van der Waals surface area contributed by atoms with Gasteiger partial charge < -0.3 is 0 Å². The van der Waals surface area contributed by atoms with Gasteiger partial charge in [0.2, 0.25) is 5.95 Å². The van der Waals surface area contributed by atoms with Crippen LogP contribution in [0.2, 0.25) is 10.0 Å². The molecule has 0 spiro atoms. The van der Waals surface area contributed by atoms with E-state index in [4.69, 9.17) is 23.2 Å². The minimum Gasteiger partial charge on any atom is -0.247 e. The van der Waals surface area contributed by atoms with E-state index in [0.717, 1.165) is 0 Å². The standard InChI is InChI=1S/C12H14Cl2N4O2S/c1-4-11-15-12(18(3)16-11)17-21(19,20)10-5-7(2)8(13)6-9(10)14/h5-6H,4H2,1-3H3,(H,15,16,17). The molecule has 2 aromatic rings. The molecule has 0 unspecified atom stereocenters. The summed E-state index contributed by atoms with van der Waals surface area (Å²) in [6, 6.07) is 2.82. The van der Waals surface area contributed by atoms with Gasteiger partial charge in [0.1, 0.15) is 4.90 Å².